The standard InChI is InChI=1S/C13H21N3O2/c1-12(2)3-5-13(18,6-4-12)8-15-11(17)10-7-14-9-16-10/h7,9,18H,3-6,8H2,1-2H3,(H,14,16)(H,15,17). The van der Waals surface area contributed by atoms with E-state index in [1.54, 1.807) is 0 Å². The number of imidazole rings is 1. The van der Waals surface area contributed by atoms with Crippen molar-refractivity contribution in [3.05, 3.63) is 18.2 Å². The Hall–Kier alpha value is -1.36. The van der Waals surface area contributed by atoms with Crippen LogP contribution in [0.3, 0.4) is 0 Å². The molecule has 1 saturated carbocycles. The Morgan fingerprint density at radius 2 is 2.11 bits per heavy atom. The molecule has 0 saturated heterocycles. The van der Waals surface area contributed by atoms with Crippen LogP contribution in [0.4, 0.5) is 0 Å². The van der Waals surface area contributed by atoms with Crippen LogP contribution in [0.15, 0.2) is 12.5 Å². The maximum absolute atomic E-state index is 11.7. The maximum Gasteiger partial charge on any atom is 0.269 e. The molecule has 0 unspecified atom stereocenters. The van der Waals surface area contributed by atoms with Gasteiger partial charge in [0.05, 0.1) is 18.1 Å². The van der Waals surface area contributed by atoms with Crippen LogP contribution < -0.4 is 5.32 Å². The number of aromatic nitrogens is 2. The van der Waals surface area contributed by atoms with Crippen molar-refractivity contribution in [2.24, 2.45) is 5.41 Å². The van der Waals surface area contributed by atoms with Crippen molar-refractivity contribution < 1.29 is 9.90 Å². The molecule has 0 atom stereocenters. The van der Waals surface area contributed by atoms with Gasteiger partial charge in [0.15, 0.2) is 0 Å². The van der Waals surface area contributed by atoms with Crippen LogP contribution in [0.25, 0.3) is 0 Å². The molecule has 3 N–H and O–H groups in total. The highest BCUT2D eigenvalue weighted by molar-refractivity contribution is 5.91. The van der Waals surface area contributed by atoms with E-state index in [9.17, 15) is 9.90 Å². The normalized spacial score (nSPS) is 21.5. The molecule has 18 heavy (non-hydrogen) atoms. The fourth-order valence-corrected chi connectivity index (χ4v) is 2.29. The van der Waals surface area contributed by atoms with Crippen LogP contribution in [0.5, 0.6) is 0 Å². The van der Waals surface area contributed by atoms with Crippen molar-refractivity contribution in [2.75, 3.05) is 6.54 Å². The van der Waals surface area contributed by atoms with Gasteiger partial charge >= 0.3 is 0 Å². The Labute approximate surface area is 107 Å². The van der Waals surface area contributed by atoms with Gasteiger partial charge in [-0.15, -0.1) is 0 Å². The molecular weight excluding hydrogens is 230 g/mol. The number of H-pyrrole nitrogens is 1. The van der Waals surface area contributed by atoms with Crippen LogP contribution in [-0.2, 0) is 0 Å². The molecule has 0 spiro atoms. The molecule has 100 valence electrons. The number of aromatic amines is 1. The van der Waals surface area contributed by atoms with Crippen molar-refractivity contribution in [3.8, 4) is 0 Å². The molecule has 2 rings (SSSR count). The van der Waals surface area contributed by atoms with Crippen LogP contribution in [0.1, 0.15) is 50.0 Å². The molecular formula is C13H21N3O2. The molecule has 5 nitrogen and oxygen atoms in total. The largest absolute Gasteiger partial charge is 0.388 e. The summed E-state index contributed by atoms with van der Waals surface area (Å²) in [5.41, 5.74) is -0.0279. The summed E-state index contributed by atoms with van der Waals surface area (Å²) >= 11 is 0. The van der Waals surface area contributed by atoms with Gasteiger partial charge in [0.1, 0.15) is 5.69 Å². The lowest BCUT2D eigenvalue weighted by Gasteiger charge is -2.40. The third-order valence-electron chi connectivity index (χ3n) is 3.86. The molecule has 0 bridgehead atoms. The van der Waals surface area contributed by atoms with Gasteiger partial charge in [-0.25, -0.2) is 4.98 Å². The summed E-state index contributed by atoms with van der Waals surface area (Å²) in [6.07, 6.45) is 6.40. The average Bonchev–Trinajstić information content (AvgIpc) is 2.85. The molecule has 1 heterocycles. The van der Waals surface area contributed by atoms with Crippen molar-refractivity contribution in [3.63, 3.8) is 0 Å². The number of amides is 1. The summed E-state index contributed by atoms with van der Waals surface area (Å²) in [5, 5.41) is 13.2. The van der Waals surface area contributed by atoms with Gasteiger partial charge in [0, 0.05) is 6.54 Å². The van der Waals surface area contributed by atoms with Gasteiger partial charge in [0.25, 0.3) is 5.91 Å². The van der Waals surface area contributed by atoms with Gasteiger partial charge in [-0.3, -0.25) is 4.79 Å². The molecule has 1 fully saturated rings. The molecule has 0 aliphatic heterocycles. The number of hydrogen-bond acceptors (Lipinski definition) is 3. The summed E-state index contributed by atoms with van der Waals surface area (Å²) < 4.78 is 0. The minimum absolute atomic E-state index is 0.217. The molecule has 1 aromatic heterocycles. The number of carbonyl (C=O) groups is 1. The summed E-state index contributed by atoms with van der Waals surface area (Å²) in [5.74, 6) is -0.217. The fraction of sp³-hybridized carbons (Fsp3) is 0.692. The van der Waals surface area contributed by atoms with E-state index in [1.165, 1.54) is 12.5 Å². The van der Waals surface area contributed by atoms with Crippen LogP contribution in [0.2, 0.25) is 0 Å². The van der Waals surface area contributed by atoms with Gasteiger partial charge in [0.2, 0.25) is 0 Å². The van der Waals surface area contributed by atoms with Crippen LogP contribution in [-0.4, -0.2) is 33.1 Å². The minimum atomic E-state index is -0.759. The predicted molar refractivity (Wildman–Crippen MR) is 68.1 cm³/mol. The molecule has 5 heteroatoms. The topological polar surface area (TPSA) is 78.0 Å². The Balaban J connectivity index is 1.85. The number of nitrogens with zero attached hydrogens (tertiary/aromatic N) is 1. The summed E-state index contributed by atoms with van der Waals surface area (Å²) in [6.45, 7) is 4.74. The number of carbonyl (C=O) groups excluding carboxylic acids is 1. The first-order valence-electron chi connectivity index (χ1n) is 6.39. The second-order valence-electron chi connectivity index (χ2n) is 6.04. The molecule has 1 amide bonds. The number of hydrogen-bond donors (Lipinski definition) is 3. The first-order chi connectivity index (χ1) is 8.40. The second kappa shape index (κ2) is 4.72. The van der Waals surface area contributed by atoms with Gasteiger partial charge in [-0.05, 0) is 31.1 Å². The van der Waals surface area contributed by atoms with E-state index < -0.39 is 5.60 Å². The monoisotopic (exact) mass is 251 g/mol. The molecule has 1 aromatic rings. The van der Waals surface area contributed by atoms with Crippen molar-refractivity contribution >= 4 is 5.91 Å². The first kappa shape index (κ1) is 13.1. The molecule has 1 aliphatic rings. The molecule has 0 aromatic carbocycles. The highest BCUT2D eigenvalue weighted by atomic mass is 16.3. The van der Waals surface area contributed by atoms with E-state index in [0.29, 0.717) is 17.7 Å². The Morgan fingerprint density at radius 1 is 1.44 bits per heavy atom. The van der Waals surface area contributed by atoms with Crippen molar-refractivity contribution in [1.29, 1.82) is 0 Å². The molecule has 1 aliphatic carbocycles. The Kier molecular flexibility index (Phi) is 3.43. The maximum atomic E-state index is 11.7. The zero-order valence-electron chi connectivity index (χ0n) is 11.0. The van der Waals surface area contributed by atoms with E-state index >= 15 is 0 Å². The highest BCUT2D eigenvalue weighted by Crippen LogP contribution is 2.39. The van der Waals surface area contributed by atoms with Crippen molar-refractivity contribution in [1.82, 2.24) is 15.3 Å². The number of rotatable bonds is 3. The predicted octanol–water partition coefficient (Wildman–Crippen LogP) is 1.47. The minimum Gasteiger partial charge on any atom is -0.388 e. The summed E-state index contributed by atoms with van der Waals surface area (Å²) in [4.78, 5) is 18.3. The lowest BCUT2D eigenvalue weighted by atomic mass is 9.71. The van der Waals surface area contributed by atoms with Crippen molar-refractivity contribution in [2.45, 2.75) is 45.1 Å². The highest BCUT2D eigenvalue weighted by Gasteiger charge is 2.36. The number of nitrogens with one attached hydrogen (secondary N) is 2. The summed E-state index contributed by atoms with van der Waals surface area (Å²) in [7, 11) is 0. The Bertz CT molecular complexity index is 402. The van der Waals surface area contributed by atoms with E-state index in [1.807, 2.05) is 0 Å². The Morgan fingerprint density at radius 3 is 2.67 bits per heavy atom. The van der Waals surface area contributed by atoms with Crippen LogP contribution in [0, 0.1) is 5.41 Å². The van der Waals surface area contributed by atoms with E-state index in [2.05, 4.69) is 29.1 Å². The van der Waals surface area contributed by atoms with Gasteiger partial charge in [-0.1, -0.05) is 13.8 Å². The van der Waals surface area contributed by atoms with Crippen LogP contribution >= 0.6 is 0 Å². The first-order valence-corrected chi connectivity index (χ1v) is 6.39. The van der Waals surface area contributed by atoms with Gasteiger partial charge in [-0.2, -0.15) is 0 Å². The zero-order chi connectivity index (χ0) is 13.2. The molecule has 0 radical (unpaired) electrons. The average molecular weight is 251 g/mol. The third-order valence-corrected chi connectivity index (χ3v) is 3.86. The smallest absolute Gasteiger partial charge is 0.269 e. The lowest BCUT2D eigenvalue weighted by Crippen LogP contribution is -2.46. The van der Waals surface area contributed by atoms with E-state index in [-0.39, 0.29) is 5.91 Å². The second-order valence-corrected chi connectivity index (χ2v) is 6.04. The SMILES string of the molecule is CC1(C)CCC(O)(CNC(=O)c2cnc[nH]2)CC1. The third kappa shape index (κ3) is 3.10. The quantitative estimate of drug-likeness (QED) is 0.761. The van der Waals surface area contributed by atoms with Gasteiger partial charge < -0.3 is 15.4 Å². The summed E-state index contributed by atoms with van der Waals surface area (Å²) in [6, 6.07) is 0. The number of aliphatic hydroxyl groups is 1. The lowest BCUT2D eigenvalue weighted by molar-refractivity contribution is -0.0233. The fourth-order valence-electron chi connectivity index (χ4n) is 2.29. The van der Waals surface area contributed by atoms with E-state index in [4.69, 9.17) is 0 Å². The zero-order valence-corrected chi connectivity index (χ0v) is 11.0. The van der Waals surface area contributed by atoms with E-state index in [0.717, 1.165) is 25.7 Å².